The summed E-state index contributed by atoms with van der Waals surface area (Å²) in [5.74, 6) is 0.434. The molecule has 0 heteroatoms. The summed E-state index contributed by atoms with van der Waals surface area (Å²) >= 11 is 0. The van der Waals surface area contributed by atoms with Crippen LogP contribution in [0.3, 0.4) is 0 Å². The molecule has 148 valence electrons. The summed E-state index contributed by atoms with van der Waals surface area (Å²) in [4.78, 5) is 0. The number of rotatable bonds is 3. The predicted octanol–water partition coefficient (Wildman–Crippen LogP) is 8.12. The van der Waals surface area contributed by atoms with Crippen LogP contribution in [-0.4, -0.2) is 0 Å². The van der Waals surface area contributed by atoms with E-state index < -0.39 is 0 Å². The zero-order valence-electron chi connectivity index (χ0n) is 19.3. The normalized spacial score (nSPS) is 14.3. The Morgan fingerprint density at radius 2 is 1.30 bits per heavy atom. The molecule has 0 spiro atoms. The molecular weight excluding hydrogens is 324 g/mol. The van der Waals surface area contributed by atoms with E-state index in [0.717, 1.165) is 6.42 Å². The monoisotopic (exact) mass is 364 g/mol. The largest absolute Gasteiger partial charge is 0.0645 e. The maximum absolute atomic E-state index is 2.43. The fourth-order valence-corrected chi connectivity index (χ4v) is 4.18. The van der Waals surface area contributed by atoms with Crippen molar-refractivity contribution in [3.05, 3.63) is 70.3 Å². The molecule has 1 atom stereocenters. The summed E-state index contributed by atoms with van der Waals surface area (Å²) in [6.45, 7) is 23.3. The third-order valence-corrected chi connectivity index (χ3v) is 5.59. The van der Waals surface area contributed by atoms with Gasteiger partial charge in [0.1, 0.15) is 0 Å². The highest BCUT2D eigenvalue weighted by Gasteiger charge is 2.30. The molecule has 2 aromatic carbocycles. The second-order valence-electron chi connectivity index (χ2n) is 11.1. The van der Waals surface area contributed by atoms with Crippen molar-refractivity contribution in [2.45, 2.75) is 97.8 Å². The van der Waals surface area contributed by atoms with E-state index in [4.69, 9.17) is 0 Å². The quantitative estimate of drug-likeness (QED) is 0.516. The number of hydrogen-bond acceptors (Lipinski definition) is 0. The highest BCUT2D eigenvalue weighted by Crippen LogP contribution is 2.42. The lowest BCUT2D eigenvalue weighted by atomic mass is 9.70. The van der Waals surface area contributed by atoms with Crippen molar-refractivity contribution in [3.8, 4) is 0 Å². The van der Waals surface area contributed by atoms with Crippen LogP contribution in [0.25, 0.3) is 0 Å². The minimum atomic E-state index is 0.119. The topological polar surface area (TPSA) is 0 Å². The van der Waals surface area contributed by atoms with Crippen molar-refractivity contribution < 1.29 is 0 Å². The Morgan fingerprint density at radius 3 is 1.78 bits per heavy atom. The second kappa shape index (κ2) is 7.46. The summed E-state index contributed by atoms with van der Waals surface area (Å²) in [5.41, 5.74) is 7.82. The first-order chi connectivity index (χ1) is 12.3. The third kappa shape index (κ3) is 4.84. The van der Waals surface area contributed by atoms with E-state index >= 15 is 0 Å². The molecule has 0 heterocycles. The van der Waals surface area contributed by atoms with Gasteiger partial charge in [0.05, 0.1) is 0 Å². The van der Waals surface area contributed by atoms with Crippen molar-refractivity contribution in [2.75, 3.05) is 0 Å². The van der Waals surface area contributed by atoms with Crippen LogP contribution in [0.2, 0.25) is 0 Å². The average Bonchev–Trinajstić information content (AvgIpc) is 2.53. The van der Waals surface area contributed by atoms with Crippen LogP contribution in [0.5, 0.6) is 0 Å². The molecular formula is C27H40. The first-order valence-electron chi connectivity index (χ1n) is 10.5. The van der Waals surface area contributed by atoms with Crippen molar-refractivity contribution in [3.63, 3.8) is 0 Å². The van der Waals surface area contributed by atoms with Crippen LogP contribution in [0.15, 0.2) is 42.5 Å². The Morgan fingerprint density at radius 1 is 0.704 bits per heavy atom. The van der Waals surface area contributed by atoms with Crippen LogP contribution in [0.1, 0.15) is 109 Å². The Balaban J connectivity index is 2.72. The number of benzene rings is 2. The van der Waals surface area contributed by atoms with Gasteiger partial charge in [0.2, 0.25) is 0 Å². The third-order valence-electron chi connectivity index (χ3n) is 5.59. The van der Waals surface area contributed by atoms with Gasteiger partial charge >= 0.3 is 0 Å². The van der Waals surface area contributed by atoms with Crippen LogP contribution in [0, 0.1) is 0 Å². The molecule has 0 bridgehead atoms. The van der Waals surface area contributed by atoms with Crippen molar-refractivity contribution in [1.82, 2.24) is 0 Å². The summed E-state index contributed by atoms with van der Waals surface area (Å²) in [6.07, 6.45) is 1.12. The van der Waals surface area contributed by atoms with Gasteiger partial charge in [-0.3, -0.25) is 0 Å². The van der Waals surface area contributed by atoms with Gasteiger partial charge in [-0.25, -0.2) is 0 Å². The first kappa shape index (κ1) is 21.7. The summed E-state index contributed by atoms with van der Waals surface area (Å²) < 4.78 is 0. The molecule has 27 heavy (non-hydrogen) atoms. The molecule has 0 aliphatic carbocycles. The van der Waals surface area contributed by atoms with Gasteiger partial charge in [-0.05, 0) is 50.5 Å². The van der Waals surface area contributed by atoms with Crippen LogP contribution >= 0.6 is 0 Å². The van der Waals surface area contributed by atoms with Gasteiger partial charge < -0.3 is 0 Å². The molecule has 0 aromatic heterocycles. The van der Waals surface area contributed by atoms with Crippen LogP contribution < -0.4 is 0 Å². The standard InChI is InChI=1S/C27H40/c1-11-21(19-14-12-15-20(18-19)25(2,3)4)22-16-13-17-23(26(5,6)7)24(22)27(8,9)10/h12-18,21H,11H2,1-10H3. The Labute approximate surface area is 168 Å². The fraction of sp³-hybridized carbons (Fsp3) is 0.556. The smallest absolute Gasteiger partial charge is 0.00898 e. The Bertz CT molecular complexity index is 773. The molecule has 0 nitrogen and oxygen atoms in total. The van der Waals surface area contributed by atoms with Gasteiger partial charge in [0, 0.05) is 5.92 Å². The fourth-order valence-electron chi connectivity index (χ4n) is 4.18. The SMILES string of the molecule is CCC(c1cccc(C(C)(C)C)c1)c1cccc(C(C)(C)C)c1C(C)(C)C. The predicted molar refractivity (Wildman–Crippen MR) is 121 cm³/mol. The van der Waals surface area contributed by atoms with E-state index in [0.29, 0.717) is 5.92 Å². The lowest BCUT2D eigenvalue weighted by Gasteiger charge is -2.35. The minimum absolute atomic E-state index is 0.119. The zero-order valence-corrected chi connectivity index (χ0v) is 19.3. The van der Waals surface area contributed by atoms with Crippen molar-refractivity contribution in [1.29, 1.82) is 0 Å². The molecule has 0 amide bonds. The Kier molecular flexibility index (Phi) is 6.00. The number of hydrogen-bond donors (Lipinski definition) is 0. The summed E-state index contributed by atoms with van der Waals surface area (Å²) in [7, 11) is 0. The van der Waals surface area contributed by atoms with Crippen molar-refractivity contribution in [2.24, 2.45) is 0 Å². The van der Waals surface area contributed by atoms with E-state index in [1.54, 1.807) is 0 Å². The van der Waals surface area contributed by atoms with Crippen LogP contribution in [-0.2, 0) is 16.2 Å². The minimum Gasteiger partial charge on any atom is -0.0645 e. The lowest BCUT2D eigenvalue weighted by Crippen LogP contribution is -2.25. The second-order valence-corrected chi connectivity index (χ2v) is 11.1. The summed E-state index contributed by atoms with van der Waals surface area (Å²) in [5, 5.41) is 0. The zero-order chi connectivity index (χ0) is 20.6. The highest BCUT2D eigenvalue weighted by atomic mass is 14.3. The lowest BCUT2D eigenvalue weighted by molar-refractivity contribution is 0.520. The molecule has 0 radical (unpaired) electrons. The van der Waals surface area contributed by atoms with Gasteiger partial charge in [-0.1, -0.05) is 112 Å². The van der Waals surface area contributed by atoms with E-state index in [2.05, 4.69) is 112 Å². The van der Waals surface area contributed by atoms with Gasteiger partial charge in [-0.15, -0.1) is 0 Å². The van der Waals surface area contributed by atoms with E-state index in [9.17, 15) is 0 Å². The molecule has 0 N–H and O–H groups in total. The maximum atomic E-state index is 2.43. The summed E-state index contributed by atoms with van der Waals surface area (Å²) in [6, 6.07) is 16.2. The molecule has 2 aromatic rings. The van der Waals surface area contributed by atoms with Crippen molar-refractivity contribution >= 4 is 0 Å². The van der Waals surface area contributed by atoms with E-state index in [-0.39, 0.29) is 16.2 Å². The molecule has 0 saturated carbocycles. The molecule has 0 saturated heterocycles. The molecule has 0 aliphatic rings. The van der Waals surface area contributed by atoms with Crippen LogP contribution in [0.4, 0.5) is 0 Å². The molecule has 0 aliphatic heterocycles. The van der Waals surface area contributed by atoms with E-state index in [1.165, 1.54) is 27.8 Å². The maximum Gasteiger partial charge on any atom is 0.00898 e. The molecule has 0 fully saturated rings. The van der Waals surface area contributed by atoms with E-state index in [1.807, 2.05) is 0 Å². The molecule has 2 rings (SSSR count). The van der Waals surface area contributed by atoms with Gasteiger partial charge in [0.15, 0.2) is 0 Å². The van der Waals surface area contributed by atoms with Gasteiger partial charge in [-0.2, -0.15) is 0 Å². The first-order valence-corrected chi connectivity index (χ1v) is 10.5. The molecule has 1 unspecified atom stereocenters. The highest BCUT2D eigenvalue weighted by molar-refractivity contribution is 5.49. The Hall–Kier alpha value is -1.56. The van der Waals surface area contributed by atoms with Gasteiger partial charge in [0.25, 0.3) is 0 Å². The average molecular weight is 365 g/mol.